The Balaban J connectivity index is 2.06. The molecule has 2 aromatic heterocycles. The lowest BCUT2D eigenvalue weighted by atomic mass is 10.2. The lowest BCUT2D eigenvalue weighted by Crippen LogP contribution is -2.12. The zero-order chi connectivity index (χ0) is 13.8. The molecule has 3 nitrogen and oxygen atoms in total. The molecule has 0 saturated carbocycles. The molecule has 0 aliphatic carbocycles. The molecule has 1 N–H and O–H groups in total. The highest BCUT2D eigenvalue weighted by Gasteiger charge is 2.08. The predicted molar refractivity (Wildman–Crippen MR) is 81.9 cm³/mol. The summed E-state index contributed by atoms with van der Waals surface area (Å²) >= 11 is 1.89. The zero-order valence-corrected chi connectivity index (χ0v) is 13.1. The third kappa shape index (κ3) is 3.67. The molecule has 104 valence electrons. The van der Waals surface area contributed by atoms with Crippen LogP contribution in [0, 0.1) is 20.8 Å². The lowest BCUT2D eigenvalue weighted by molar-refractivity contribution is 0.656. The SMILES string of the molecule is CCCNCc1cc(Cn2nc(C)cc2C)c(C)s1. The summed E-state index contributed by atoms with van der Waals surface area (Å²) in [5.74, 6) is 0. The minimum Gasteiger partial charge on any atom is -0.312 e. The van der Waals surface area contributed by atoms with Gasteiger partial charge < -0.3 is 5.32 Å². The summed E-state index contributed by atoms with van der Waals surface area (Å²) in [7, 11) is 0. The molecule has 2 aromatic rings. The number of hydrogen-bond donors (Lipinski definition) is 1. The number of nitrogens with zero attached hydrogens (tertiary/aromatic N) is 2. The number of nitrogens with one attached hydrogen (secondary N) is 1. The van der Waals surface area contributed by atoms with Crippen molar-refractivity contribution in [1.82, 2.24) is 15.1 Å². The van der Waals surface area contributed by atoms with Crippen LogP contribution in [0.5, 0.6) is 0 Å². The molecule has 0 aliphatic heterocycles. The average molecular weight is 277 g/mol. The highest BCUT2D eigenvalue weighted by molar-refractivity contribution is 7.12. The summed E-state index contributed by atoms with van der Waals surface area (Å²) in [6.45, 7) is 11.5. The van der Waals surface area contributed by atoms with Gasteiger partial charge in [0.25, 0.3) is 0 Å². The lowest BCUT2D eigenvalue weighted by Gasteiger charge is -2.03. The molecular weight excluding hydrogens is 254 g/mol. The molecule has 19 heavy (non-hydrogen) atoms. The van der Waals surface area contributed by atoms with Gasteiger partial charge in [0, 0.05) is 22.0 Å². The number of aryl methyl sites for hydroxylation is 3. The van der Waals surface area contributed by atoms with E-state index >= 15 is 0 Å². The van der Waals surface area contributed by atoms with Gasteiger partial charge >= 0.3 is 0 Å². The fraction of sp³-hybridized carbons (Fsp3) is 0.533. The molecule has 0 radical (unpaired) electrons. The Morgan fingerprint density at radius 2 is 2.05 bits per heavy atom. The van der Waals surface area contributed by atoms with E-state index in [0.29, 0.717) is 0 Å². The number of thiophene rings is 1. The molecule has 2 heterocycles. The van der Waals surface area contributed by atoms with Gasteiger partial charge in [0.15, 0.2) is 0 Å². The maximum atomic E-state index is 4.54. The normalized spacial score (nSPS) is 11.2. The molecule has 4 heteroatoms. The maximum Gasteiger partial charge on any atom is 0.0673 e. The molecule has 0 aromatic carbocycles. The summed E-state index contributed by atoms with van der Waals surface area (Å²) in [6, 6.07) is 4.45. The van der Waals surface area contributed by atoms with E-state index in [-0.39, 0.29) is 0 Å². The van der Waals surface area contributed by atoms with Gasteiger partial charge in [-0.1, -0.05) is 6.92 Å². The van der Waals surface area contributed by atoms with Crippen LogP contribution >= 0.6 is 11.3 Å². The van der Waals surface area contributed by atoms with Crippen molar-refractivity contribution in [3.8, 4) is 0 Å². The second-order valence-corrected chi connectivity index (χ2v) is 6.40. The van der Waals surface area contributed by atoms with Crippen molar-refractivity contribution in [3.63, 3.8) is 0 Å². The monoisotopic (exact) mass is 277 g/mol. The standard InChI is InChI=1S/C15H23N3S/c1-5-6-16-9-15-8-14(13(4)19-15)10-18-12(3)7-11(2)17-18/h7-8,16H,5-6,9-10H2,1-4H3. The Bertz CT molecular complexity index is 540. The van der Waals surface area contributed by atoms with E-state index < -0.39 is 0 Å². The van der Waals surface area contributed by atoms with Crippen molar-refractivity contribution in [1.29, 1.82) is 0 Å². The first-order valence-corrected chi connectivity index (χ1v) is 7.71. The van der Waals surface area contributed by atoms with Gasteiger partial charge in [-0.25, -0.2) is 0 Å². The van der Waals surface area contributed by atoms with Crippen LogP contribution in [0.4, 0.5) is 0 Å². The van der Waals surface area contributed by atoms with E-state index in [4.69, 9.17) is 0 Å². The molecule has 0 fully saturated rings. The molecule has 0 atom stereocenters. The first-order chi connectivity index (χ1) is 9.10. The first-order valence-electron chi connectivity index (χ1n) is 6.90. The van der Waals surface area contributed by atoms with Gasteiger partial charge in [0.1, 0.15) is 0 Å². The molecule has 0 saturated heterocycles. The summed E-state index contributed by atoms with van der Waals surface area (Å²) in [5, 5.41) is 8.00. The zero-order valence-electron chi connectivity index (χ0n) is 12.3. The molecule has 0 spiro atoms. The van der Waals surface area contributed by atoms with Crippen LogP contribution in [0.1, 0.15) is 40.1 Å². The highest BCUT2D eigenvalue weighted by atomic mass is 32.1. The van der Waals surface area contributed by atoms with Crippen molar-refractivity contribution in [2.24, 2.45) is 0 Å². The van der Waals surface area contributed by atoms with Gasteiger partial charge in [-0.15, -0.1) is 11.3 Å². The molecule has 0 bridgehead atoms. The Morgan fingerprint density at radius 3 is 2.68 bits per heavy atom. The van der Waals surface area contributed by atoms with Crippen LogP contribution in [0.25, 0.3) is 0 Å². The van der Waals surface area contributed by atoms with Crippen molar-refractivity contribution in [3.05, 3.63) is 38.8 Å². The van der Waals surface area contributed by atoms with Crippen molar-refractivity contribution >= 4 is 11.3 Å². The van der Waals surface area contributed by atoms with E-state index in [0.717, 1.165) is 25.3 Å². The van der Waals surface area contributed by atoms with Crippen molar-refractivity contribution < 1.29 is 0 Å². The predicted octanol–water partition coefficient (Wildman–Crippen LogP) is 3.42. The largest absolute Gasteiger partial charge is 0.312 e. The maximum absolute atomic E-state index is 4.54. The third-order valence-corrected chi connectivity index (χ3v) is 4.31. The first kappa shape index (κ1) is 14.3. The number of hydrogen-bond acceptors (Lipinski definition) is 3. The van der Waals surface area contributed by atoms with Crippen molar-refractivity contribution in [2.45, 2.75) is 47.2 Å². The second-order valence-electron chi connectivity index (χ2n) is 5.06. The summed E-state index contributed by atoms with van der Waals surface area (Å²) in [6.07, 6.45) is 1.18. The molecule has 0 unspecified atom stereocenters. The number of rotatable bonds is 6. The van der Waals surface area contributed by atoms with E-state index in [1.807, 2.05) is 18.3 Å². The minimum atomic E-state index is 0.885. The van der Waals surface area contributed by atoms with Crippen LogP contribution in [-0.4, -0.2) is 16.3 Å². The summed E-state index contributed by atoms with van der Waals surface area (Å²) in [4.78, 5) is 2.82. The van der Waals surface area contributed by atoms with Gasteiger partial charge in [0.2, 0.25) is 0 Å². The van der Waals surface area contributed by atoms with Crippen LogP contribution in [0.15, 0.2) is 12.1 Å². The van der Waals surface area contributed by atoms with Crippen molar-refractivity contribution in [2.75, 3.05) is 6.54 Å². The van der Waals surface area contributed by atoms with Crippen LogP contribution in [0.3, 0.4) is 0 Å². The molecule has 2 rings (SSSR count). The van der Waals surface area contributed by atoms with Gasteiger partial charge in [0.05, 0.1) is 12.2 Å². The van der Waals surface area contributed by atoms with E-state index in [2.05, 4.69) is 48.0 Å². The minimum absolute atomic E-state index is 0.885. The van der Waals surface area contributed by atoms with Crippen LogP contribution < -0.4 is 5.32 Å². The molecule has 0 aliphatic rings. The van der Waals surface area contributed by atoms with Crippen LogP contribution in [-0.2, 0) is 13.1 Å². The fourth-order valence-electron chi connectivity index (χ4n) is 2.22. The van der Waals surface area contributed by atoms with Gasteiger partial charge in [-0.3, -0.25) is 4.68 Å². The number of aromatic nitrogens is 2. The second kappa shape index (κ2) is 6.35. The Kier molecular flexibility index (Phi) is 4.77. The fourth-order valence-corrected chi connectivity index (χ4v) is 3.24. The Hall–Kier alpha value is -1.13. The van der Waals surface area contributed by atoms with E-state index in [9.17, 15) is 0 Å². The molecular formula is C15H23N3S. The van der Waals surface area contributed by atoms with Gasteiger partial charge in [-0.05, 0) is 51.4 Å². The topological polar surface area (TPSA) is 29.9 Å². The van der Waals surface area contributed by atoms with E-state index in [1.54, 1.807) is 0 Å². The van der Waals surface area contributed by atoms with Crippen LogP contribution in [0.2, 0.25) is 0 Å². The highest BCUT2D eigenvalue weighted by Crippen LogP contribution is 2.22. The average Bonchev–Trinajstić information content (AvgIpc) is 2.84. The van der Waals surface area contributed by atoms with Gasteiger partial charge in [-0.2, -0.15) is 5.10 Å². The quantitative estimate of drug-likeness (QED) is 0.820. The summed E-state index contributed by atoms with van der Waals surface area (Å²) < 4.78 is 2.09. The van der Waals surface area contributed by atoms with E-state index in [1.165, 1.54) is 27.4 Å². The Morgan fingerprint density at radius 1 is 1.26 bits per heavy atom. The smallest absolute Gasteiger partial charge is 0.0673 e. The summed E-state index contributed by atoms with van der Waals surface area (Å²) in [5.41, 5.74) is 3.72. The Labute approximate surface area is 119 Å². The third-order valence-electron chi connectivity index (χ3n) is 3.22. The molecule has 0 amide bonds.